The Bertz CT molecular complexity index is 392. The number of hydrogen-bond donors (Lipinski definition) is 3. The molecule has 88 valence electrons. The average molecular weight is 222 g/mol. The van der Waals surface area contributed by atoms with Gasteiger partial charge in [-0.05, 0) is 26.0 Å². The molecule has 0 fully saturated rings. The monoisotopic (exact) mass is 222 g/mol. The van der Waals surface area contributed by atoms with Gasteiger partial charge in [-0.15, -0.1) is 0 Å². The number of likely N-dealkylation sites (N-methyl/N-ethyl adjacent to an activating group) is 1. The second-order valence-corrected chi connectivity index (χ2v) is 3.91. The minimum Gasteiger partial charge on any atom is -0.394 e. The summed E-state index contributed by atoms with van der Waals surface area (Å²) in [7, 11) is 1.85. The van der Waals surface area contributed by atoms with E-state index >= 15 is 0 Å². The van der Waals surface area contributed by atoms with Crippen LogP contribution in [0.1, 0.15) is 18.2 Å². The number of rotatable bonds is 4. The molecule has 0 aromatic carbocycles. The molecule has 1 atom stereocenters. The van der Waals surface area contributed by atoms with Crippen molar-refractivity contribution in [2.75, 3.05) is 18.6 Å². The van der Waals surface area contributed by atoms with E-state index < -0.39 is 0 Å². The fourth-order valence-corrected chi connectivity index (χ4v) is 1.34. The molecule has 0 bridgehead atoms. The van der Waals surface area contributed by atoms with Gasteiger partial charge in [0.2, 0.25) is 0 Å². The van der Waals surface area contributed by atoms with Gasteiger partial charge in [-0.1, -0.05) is 0 Å². The number of pyridine rings is 1. The summed E-state index contributed by atoms with van der Waals surface area (Å²) in [5.41, 5.74) is 6.91. The van der Waals surface area contributed by atoms with E-state index in [4.69, 9.17) is 16.2 Å². The molecule has 5 nitrogen and oxygen atoms in total. The molecule has 16 heavy (non-hydrogen) atoms. The maximum absolute atomic E-state index is 9.08. The van der Waals surface area contributed by atoms with E-state index in [2.05, 4.69) is 4.98 Å². The quantitative estimate of drug-likeness (QED) is 0.511. The Hall–Kier alpha value is -1.62. The van der Waals surface area contributed by atoms with Crippen LogP contribution in [0.2, 0.25) is 0 Å². The van der Waals surface area contributed by atoms with Crippen LogP contribution in [0.5, 0.6) is 0 Å². The third-order valence-electron chi connectivity index (χ3n) is 2.54. The van der Waals surface area contributed by atoms with Gasteiger partial charge in [-0.25, -0.2) is 4.98 Å². The summed E-state index contributed by atoms with van der Waals surface area (Å²) in [5, 5.41) is 16.5. The summed E-state index contributed by atoms with van der Waals surface area (Å²) in [4.78, 5) is 6.21. The van der Waals surface area contributed by atoms with Crippen LogP contribution in [-0.2, 0) is 0 Å². The Kier molecular flexibility index (Phi) is 3.84. The molecule has 0 aliphatic rings. The molecule has 1 heterocycles. The maximum atomic E-state index is 9.08. The number of anilines is 1. The van der Waals surface area contributed by atoms with Gasteiger partial charge in [0.1, 0.15) is 11.7 Å². The van der Waals surface area contributed by atoms with Crippen LogP contribution < -0.4 is 10.6 Å². The van der Waals surface area contributed by atoms with E-state index in [1.54, 1.807) is 12.1 Å². The van der Waals surface area contributed by atoms with Crippen LogP contribution in [0.4, 0.5) is 5.82 Å². The van der Waals surface area contributed by atoms with Crippen molar-refractivity contribution in [1.29, 1.82) is 5.41 Å². The molecule has 0 aliphatic carbocycles. The van der Waals surface area contributed by atoms with E-state index in [9.17, 15) is 0 Å². The van der Waals surface area contributed by atoms with Crippen LogP contribution in [-0.4, -0.2) is 35.6 Å². The van der Waals surface area contributed by atoms with Gasteiger partial charge in [0.15, 0.2) is 0 Å². The number of hydrogen-bond acceptors (Lipinski definition) is 4. The van der Waals surface area contributed by atoms with Crippen LogP contribution in [0.15, 0.2) is 12.1 Å². The second kappa shape index (κ2) is 4.94. The molecular formula is C11H18N4O. The Morgan fingerprint density at radius 3 is 2.75 bits per heavy atom. The molecule has 0 aliphatic heterocycles. The Balaban J connectivity index is 3.09. The molecule has 5 heteroatoms. The zero-order valence-corrected chi connectivity index (χ0v) is 9.86. The number of amidine groups is 1. The molecule has 0 spiro atoms. The third-order valence-corrected chi connectivity index (χ3v) is 2.54. The van der Waals surface area contributed by atoms with Gasteiger partial charge in [0.05, 0.1) is 12.6 Å². The van der Waals surface area contributed by atoms with Crippen molar-refractivity contribution in [3.8, 4) is 0 Å². The van der Waals surface area contributed by atoms with Crippen molar-refractivity contribution in [3.05, 3.63) is 23.4 Å². The van der Waals surface area contributed by atoms with Gasteiger partial charge < -0.3 is 15.7 Å². The molecule has 0 saturated heterocycles. The van der Waals surface area contributed by atoms with E-state index in [-0.39, 0.29) is 18.5 Å². The summed E-state index contributed by atoms with van der Waals surface area (Å²) < 4.78 is 0. The summed E-state index contributed by atoms with van der Waals surface area (Å²) in [6.07, 6.45) is 0. The van der Waals surface area contributed by atoms with Crippen molar-refractivity contribution >= 4 is 11.7 Å². The number of nitrogens with zero attached hydrogens (tertiary/aromatic N) is 2. The number of aliphatic hydroxyl groups excluding tert-OH is 1. The first-order valence-electron chi connectivity index (χ1n) is 5.12. The highest BCUT2D eigenvalue weighted by Gasteiger charge is 2.12. The zero-order valence-electron chi connectivity index (χ0n) is 9.86. The Morgan fingerprint density at radius 2 is 2.25 bits per heavy atom. The summed E-state index contributed by atoms with van der Waals surface area (Å²) >= 11 is 0. The molecule has 0 saturated carbocycles. The van der Waals surface area contributed by atoms with Crippen molar-refractivity contribution in [2.24, 2.45) is 5.73 Å². The lowest BCUT2D eigenvalue weighted by molar-refractivity contribution is 0.270. The lowest BCUT2D eigenvalue weighted by Crippen LogP contribution is -2.32. The van der Waals surface area contributed by atoms with Gasteiger partial charge in [-0.2, -0.15) is 0 Å². The van der Waals surface area contributed by atoms with Gasteiger partial charge in [0, 0.05) is 18.3 Å². The molecule has 4 N–H and O–H groups in total. The number of aryl methyl sites for hydroxylation is 1. The molecule has 0 radical (unpaired) electrons. The number of nitrogens with one attached hydrogen (secondary N) is 1. The fraction of sp³-hybridized carbons (Fsp3) is 0.455. The third kappa shape index (κ3) is 2.70. The van der Waals surface area contributed by atoms with E-state index in [0.717, 1.165) is 5.69 Å². The number of nitrogens with two attached hydrogens (primary N) is 1. The predicted octanol–water partition coefficient (Wildman–Crippen LogP) is 0.491. The fourth-order valence-electron chi connectivity index (χ4n) is 1.34. The molecule has 1 aromatic rings. The highest BCUT2D eigenvalue weighted by molar-refractivity contribution is 5.95. The molecule has 1 rings (SSSR count). The summed E-state index contributed by atoms with van der Waals surface area (Å²) in [6.45, 7) is 3.81. The Labute approximate surface area is 95.4 Å². The first-order valence-corrected chi connectivity index (χ1v) is 5.12. The molecule has 1 unspecified atom stereocenters. The van der Waals surface area contributed by atoms with Crippen molar-refractivity contribution < 1.29 is 5.11 Å². The second-order valence-electron chi connectivity index (χ2n) is 3.91. The maximum Gasteiger partial charge on any atom is 0.129 e. The van der Waals surface area contributed by atoms with Gasteiger partial charge >= 0.3 is 0 Å². The summed E-state index contributed by atoms with van der Waals surface area (Å²) in [5.74, 6) is 0.739. The SMILES string of the molecule is Cc1cc(C(=N)N)cc(N(C)C(C)CO)n1. The highest BCUT2D eigenvalue weighted by atomic mass is 16.3. The largest absolute Gasteiger partial charge is 0.394 e. The van der Waals surface area contributed by atoms with E-state index in [1.807, 2.05) is 25.8 Å². The van der Waals surface area contributed by atoms with E-state index in [1.165, 1.54) is 0 Å². The molecular weight excluding hydrogens is 204 g/mol. The molecule has 0 amide bonds. The summed E-state index contributed by atoms with van der Waals surface area (Å²) in [6, 6.07) is 3.50. The van der Waals surface area contributed by atoms with Crippen molar-refractivity contribution in [3.63, 3.8) is 0 Å². The van der Waals surface area contributed by atoms with Gasteiger partial charge in [-0.3, -0.25) is 5.41 Å². The van der Waals surface area contributed by atoms with Crippen LogP contribution in [0, 0.1) is 12.3 Å². The number of nitrogen functional groups attached to an aromatic ring is 1. The Morgan fingerprint density at radius 1 is 1.62 bits per heavy atom. The van der Waals surface area contributed by atoms with Crippen LogP contribution in [0.25, 0.3) is 0 Å². The normalized spacial score (nSPS) is 12.2. The smallest absolute Gasteiger partial charge is 0.129 e. The number of aliphatic hydroxyl groups is 1. The average Bonchev–Trinajstić information content (AvgIpc) is 2.26. The van der Waals surface area contributed by atoms with Crippen LogP contribution >= 0.6 is 0 Å². The number of aromatic nitrogens is 1. The first-order chi connectivity index (χ1) is 7.45. The minimum absolute atomic E-state index is 0.0193. The first kappa shape index (κ1) is 12.4. The standard InChI is InChI=1S/C11H18N4O/c1-7-4-9(11(12)13)5-10(14-7)15(3)8(2)6-16/h4-5,8,16H,6H2,1-3H3,(H3,12,13). The van der Waals surface area contributed by atoms with Crippen molar-refractivity contribution in [1.82, 2.24) is 4.98 Å². The zero-order chi connectivity index (χ0) is 12.3. The van der Waals surface area contributed by atoms with Crippen LogP contribution in [0.3, 0.4) is 0 Å². The minimum atomic E-state index is -0.0193. The lowest BCUT2D eigenvalue weighted by Gasteiger charge is -2.24. The van der Waals surface area contributed by atoms with E-state index in [0.29, 0.717) is 11.4 Å². The predicted molar refractivity (Wildman–Crippen MR) is 64.9 cm³/mol. The van der Waals surface area contributed by atoms with Gasteiger partial charge in [0.25, 0.3) is 0 Å². The highest BCUT2D eigenvalue weighted by Crippen LogP contribution is 2.15. The lowest BCUT2D eigenvalue weighted by atomic mass is 10.2. The van der Waals surface area contributed by atoms with Crippen molar-refractivity contribution in [2.45, 2.75) is 19.9 Å². The topological polar surface area (TPSA) is 86.2 Å². The molecule has 1 aromatic heterocycles.